The Morgan fingerprint density at radius 3 is 2.43 bits per heavy atom. The van der Waals surface area contributed by atoms with Gasteiger partial charge in [-0.25, -0.2) is 8.42 Å². The summed E-state index contributed by atoms with van der Waals surface area (Å²) in [6, 6.07) is 4.42. The molecule has 6 nitrogen and oxygen atoms in total. The van der Waals surface area contributed by atoms with E-state index in [1.54, 1.807) is 0 Å². The SMILES string of the molecule is CN(CC(=O)NC(C)(C)C)S(=O)(=O)c1ccc(N)cc1Br. The lowest BCUT2D eigenvalue weighted by Gasteiger charge is -2.23. The minimum absolute atomic E-state index is 0.0720. The van der Waals surface area contributed by atoms with Gasteiger partial charge in [0.15, 0.2) is 0 Å². The third-order valence-corrected chi connectivity index (χ3v) is 5.30. The van der Waals surface area contributed by atoms with E-state index < -0.39 is 15.6 Å². The van der Waals surface area contributed by atoms with Gasteiger partial charge in [-0.2, -0.15) is 4.31 Å². The van der Waals surface area contributed by atoms with Gasteiger partial charge in [0.25, 0.3) is 0 Å². The number of amides is 1. The van der Waals surface area contributed by atoms with E-state index in [-0.39, 0.29) is 17.3 Å². The number of halogens is 1. The number of hydrogen-bond donors (Lipinski definition) is 2. The number of carbonyl (C=O) groups is 1. The standard InChI is InChI=1S/C13H20BrN3O3S/c1-13(2,3)16-12(18)8-17(4)21(19,20)11-6-5-9(15)7-10(11)14/h5-7H,8,15H2,1-4H3,(H,16,18). The Labute approximate surface area is 133 Å². The predicted octanol–water partition coefficient (Wildman–Crippen LogP) is 1.57. The number of nitrogens with one attached hydrogen (secondary N) is 1. The quantitative estimate of drug-likeness (QED) is 0.778. The number of anilines is 1. The van der Waals surface area contributed by atoms with Crippen LogP contribution >= 0.6 is 15.9 Å². The lowest BCUT2D eigenvalue weighted by Crippen LogP contribution is -2.46. The van der Waals surface area contributed by atoms with Crippen molar-refractivity contribution in [2.75, 3.05) is 19.3 Å². The first kappa shape index (κ1) is 17.9. The molecule has 1 amide bonds. The number of nitrogens with zero attached hydrogens (tertiary/aromatic N) is 1. The highest BCUT2D eigenvalue weighted by atomic mass is 79.9. The smallest absolute Gasteiger partial charge is 0.244 e. The molecule has 0 bridgehead atoms. The monoisotopic (exact) mass is 377 g/mol. The van der Waals surface area contributed by atoms with Crippen LogP contribution in [0.4, 0.5) is 5.69 Å². The van der Waals surface area contributed by atoms with E-state index in [0.717, 1.165) is 4.31 Å². The van der Waals surface area contributed by atoms with Gasteiger partial charge in [-0.3, -0.25) is 4.79 Å². The summed E-state index contributed by atoms with van der Waals surface area (Å²) in [6.45, 7) is 5.23. The fraction of sp³-hybridized carbons (Fsp3) is 0.462. The normalized spacial score (nSPS) is 12.5. The zero-order chi connectivity index (χ0) is 16.4. The van der Waals surface area contributed by atoms with Gasteiger partial charge in [-0.1, -0.05) is 0 Å². The summed E-state index contributed by atoms with van der Waals surface area (Å²) in [4.78, 5) is 11.9. The van der Waals surface area contributed by atoms with Crippen molar-refractivity contribution in [3.05, 3.63) is 22.7 Å². The molecule has 0 fully saturated rings. The van der Waals surface area contributed by atoms with Crippen molar-refractivity contribution in [1.29, 1.82) is 0 Å². The third kappa shape index (κ3) is 4.98. The van der Waals surface area contributed by atoms with Crippen LogP contribution in [0.15, 0.2) is 27.6 Å². The van der Waals surface area contributed by atoms with Gasteiger partial charge in [-0.15, -0.1) is 0 Å². The van der Waals surface area contributed by atoms with Crippen molar-refractivity contribution < 1.29 is 13.2 Å². The van der Waals surface area contributed by atoms with Crippen LogP contribution in [0.2, 0.25) is 0 Å². The Balaban J connectivity index is 2.95. The number of rotatable bonds is 4. The maximum absolute atomic E-state index is 12.4. The minimum Gasteiger partial charge on any atom is -0.399 e. The zero-order valence-corrected chi connectivity index (χ0v) is 14.9. The molecular formula is C13H20BrN3O3S. The van der Waals surface area contributed by atoms with Crippen LogP contribution < -0.4 is 11.1 Å². The molecule has 1 rings (SSSR count). The second-order valence-corrected chi connectivity index (χ2v) is 8.62. The Hall–Kier alpha value is -1.12. The lowest BCUT2D eigenvalue weighted by atomic mass is 10.1. The summed E-state index contributed by atoms with van der Waals surface area (Å²) < 4.78 is 26.3. The van der Waals surface area contributed by atoms with Gasteiger partial charge in [-0.05, 0) is 54.9 Å². The van der Waals surface area contributed by atoms with Crippen molar-refractivity contribution in [1.82, 2.24) is 9.62 Å². The molecule has 0 aliphatic rings. The lowest BCUT2D eigenvalue weighted by molar-refractivity contribution is -0.122. The van der Waals surface area contributed by atoms with Gasteiger partial charge >= 0.3 is 0 Å². The summed E-state index contributed by atoms with van der Waals surface area (Å²) in [5, 5.41) is 2.72. The number of hydrogen-bond acceptors (Lipinski definition) is 4. The number of sulfonamides is 1. The fourth-order valence-corrected chi connectivity index (χ4v) is 3.82. The van der Waals surface area contributed by atoms with Gasteiger partial charge < -0.3 is 11.1 Å². The first-order valence-corrected chi connectivity index (χ1v) is 8.49. The van der Waals surface area contributed by atoms with E-state index in [4.69, 9.17) is 5.73 Å². The second-order valence-electron chi connectivity index (χ2n) is 5.75. The Morgan fingerprint density at radius 2 is 1.95 bits per heavy atom. The molecule has 3 N–H and O–H groups in total. The predicted molar refractivity (Wildman–Crippen MR) is 86.3 cm³/mol. The van der Waals surface area contributed by atoms with Crippen LogP contribution in [0.25, 0.3) is 0 Å². The first-order chi connectivity index (χ1) is 9.43. The number of carbonyl (C=O) groups excluding carboxylic acids is 1. The van der Waals surface area contributed by atoms with Gasteiger partial charge in [0.2, 0.25) is 15.9 Å². The number of benzene rings is 1. The minimum atomic E-state index is -3.77. The van der Waals surface area contributed by atoms with Crippen molar-refractivity contribution in [2.45, 2.75) is 31.2 Å². The molecular weight excluding hydrogens is 358 g/mol. The van der Waals surface area contributed by atoms with Crippen molar-refractivity contribution >= 4 is 37.5 Å². The molecule has 0 radical (unpaired) electrons. The van der Waals surface area contributed by atoms with Crippen LogP contribution in [0.5, 0.6) is 0 Å². The number of nitrogen functional groups attached to an aromatic ring is 1. The van der Waals surface area contributed by atoms with Crippen LogP contribution in [-0.4, -0.2) is 37.8 Å². The van der Waals surface area contributed by atoms with Gasteiger partial charge in [0, 0.05) is 22.7 Å². The molecule has 0 spiro atoms. The van der Waals surface area contributed by atoms with Crippen molar-refractivity contribution in [2.24, 2.45) is 0 Å². The summed E-state index contributed by atoms with van der Waals surface area (Å²) in [5.74, 6) is -0.361. The van der Waals surface area contributed by atoms with Crippen LogP contribution in [0, 0.1) is 0 Å². The maximum atomic E-state index is 12.4. The van der Waals surface area contributed by atoms with Crippen LogP contribution in [0.3, 0.4) is 0 Å². The van der Waals surface area contributed by atoms with E-state index in [2.05, 4.69) is 21.2 Å². The molecule has 0 unspecified atom stereocenters. The summed E-state index contributed by atoms with van der Waals surface area (Å²) in [7, 11) is -2.41. The molecule has 0 aliphatic carbocycles. The molecule has 118 valence electrons. The number of likely N-dealkylation sites (N-methyl/N-ethyl adjacent to an activating group) is 1. The average molecular weight is 378 g/mol. The third-order valence-electron chi connectivity index (χ3n) is 2.52. The molecule has 0 saturated heterocycles. The fourth-order valence-electron chi connectivity index (χ4n) is 1.64. The van der Waals surface area contributed by atoms with E-state index in [1.165, 1.54) is 25.2 Å². The topological polar surface area (TPSA) is 92.5 Å². The largest absolute Gasteiger partial charge is 0.399 e. The summed E-state index contributed by atoms with van der Waals surface area (Å²) >= 11 is 3.18. The van der Waals surface area contributed by atoms with Crippen LogP contribution in [-0.2, 0) is 14.8 Å². The highest BCUT2D eigenvalue weighted by molar-refractivity contribution is 9.10. The second kappa shape index (κ2) is 6.33. The van der Waals surface area contributed by atoms with E-state index in [9.17, 15) is 13.2 Å². The van der Waals surface area contributed by atoms with Gasteiger partial charge in [0.05, 0.1) is 11.4 Å². The first-order valence-electron chi connectivity index (χ1n) is 6.26. The molecule has 8 heteroatoms. The highest BCUT2D eigenvalue weighted by Gasteiger charge is 2.26. The molecule has 0 heterocycles. The number of nitrogens with two attached hydrogens (primary N) is 1. The van der Waals surface area contributed by atoms with E-state index in [1.807, 2.05) is 20.8 Å². The Morgan fingerprint density at radius 1 is 1.38 bits per heavy atom. The van der Waals surface area contributed by atoms with Crippen LogP contribution in [0.1, 0.15) is 20.8 Å². The molecule has 0 aliphatic heterocycles. The Bertz CT molecular complexity index is 639. The highest BCUT2D eigenvalue weighted by Crippen LogP contribution is 2.26. The average Bonchev–Trinajstić information content (AvgIpc) is 2.25. The van der Waals surface area contributed by atoms with Gasteiger partial charge in [0.1, 0.15) is 0 Å². The van der Waals surface area contributed by atoms with E-state index >= 15 is 0 Å². The molecule has 0 saturated carbocycles. The molecule has 1 aromatic rings. The van der Waals surface area contributed by atoms with Crippen molar-refractivity contribution in [3.63, 3.8) is 0 Å². The summed E-state index contributed by atoms with van der Waals surface area (Å²) in [5.41, 5.74) is 5.63. The Kier molecular flexibility index (Phi) is 5.40. The maximum Gasteiger partial charge on any atom is 0.244 e. The summed E-state index contributed by atoms with van der Waals surface area (Å²) in [6.07, 6.45) is 0. The molecule has 0 atom stereocenters. The van der Waals surface area contributed by atoms with Crippen molar-refractivity contribution in [3.8, 4) is 0 Å². The molecule has 0 aromatic heterocycles. The van der Waals surface area contributed by atoms with E-state index in [0.29, 0.717) is 10.2 Å². The zero-order valence-electron chi connectivity index (χ0n) is 12.5. The molecule has 21 heavy (non-hydrogen) atoms. The molecule has 1 aromatic carbocycles.